The quantitative estimate of drug-likeness (QED) is 0.301. The van der Waals surface area contributed by atoms with E-state index in [1.807, 2.05) is 22.6 Å². The molecule has 5 rings (SSSR count). The molecule has 2 aromatic carbocycles. The number of hydrogen-bond donors (Lipinski definition) is 2. The molecule has 2 heterocycles. The fourth-order valence-electron chi connectivity index (χ4n) is 3.78. The Hall–Kier alpha value is -4.27. The maximum atomic E-state index is 11.2. The highest BCUT2D eigenvalue weighted by atomic mass is 16.6. The van der Waals surface area contributed by atoms with Crippen molar-refractivity contribution >= 4 is 28.6 Å². The van der Waals surface area contributed by atoms with Crippen LogP contribution in [0, 0.1) is 10.1 Å². The number of non-ortho nitro benzene ring substituents is 1. The number of nitrogens with zero attached hydrogens (tertiary/aromatic N) is 5. The van der Waals surface area contributed by atoms with Gasteiger partial charge < -0.3 is 10.5 Å². The molecule has 0 spiro atoms. The van der Waals surface area contributed by atoms with Gasteiger partial charge in [0.25, 0.3) is 5.69 Å². The summed E-state index contributed by atoms with van der Waals surface area (Å²) in [6.07, 6.45) is 6.59. The number of aromatic nitrogens is 3. The van der Waals surface area contributed by atoms with E-state index in [9.17, 15) is 10.1 Å². The fraction of sp³-hybridized carbons (Fsp3) is 0.0952. The molecule has 0 radical (unpaired) electrons. The minimum atomic E-state index is -0.422. The molecule has 0 aliphatic heterocycles. The molecule has 0 saturated carbocycles. The molecule has 9 nitrogen and oxygen atoms in total. The molecule has 148 valence electrons. The first-order chi connectivity index (χ1) is 14.6. The van der Waals surface area contributed by atoms with E-state index in [1.165, 1.54) is 12.1 Å². The Bertz CT molecular complexity index is 1330. The zero-order valence-corrected chi connectivity index (χ0v) is 15.7. The molecule has 2 aromatic heterocycles. The summed E-state index contributed by atoms with van der Waals surface area (Å²) in [5, 5.41) is 27.1. The molecule has 0 fully saturated rings. The maximum Gasteiger partial charge on any atom is 0.270 e. The SMILES string of the molecule is O=[N+]([O-])c1cccc(-c2nc3cnccn3c2Nc2ccc3c(c2)CC/C3=N\O)c1. The molecular weight excluding hydrogens is 384 g/mol. The van der Waals surface area contributed by atoms with E-state index in [0.717, 1.165) is 23.2 Å². The fourth-order valence-corrected chi connectivity index (χ4v) is 3.78. The molecule has 0 bridgehead atoms. The van der Waals surface area contributed by atoms with Crippen molar-refractivity contribution < 1.29 is 10.1 Å². The average Bonchev–Trinajstić information content (AvgIpc) is 3.35. The lowest BCUT2D eigenvalue weighted by molar-refractivity contribution is -0.384. The van der Waals surface area contributed by atoms with Crippen LogP contribution in [0.2, 0.25) is 0 Å². The Morgan fingerprint density at radius 3 is 2.93 bits per heavy atom. The van der Waals surface area contributed by atoms with E-state index in [0.29, 0.717) is 34.9 Å². The number of aryl methyl sites for hydroxylation is 1. The van der Waals surface area contributed by atoms with Crippen molar-refractivity contribution in [2.45, 2.75) is 12.8 Å². The van der Waals surface area contributed by atoms with Gasteiger partial charge in [0.1, 0.15) is 11.5 Å². The molecule has 0 atom stereocenters. The first kappa shape index (κ1) is 17.8. The second-order valence-corrected chi connectivity index (χ2v) is 6.96. The zero-order valence-electron chi connectivity index (χ0n) is 15.7. The summed E-state index contributed by atoms with van der Waals surface area (Å²) in [7, 11) is 0. The van der Waals surface area contributed by atoms with Crippen molar-refractivity contribution in [3.05, 3.63) is 82.3 Å². The highest BCUT2D eigenvalue weighted by Gasteiger charge is 2.20. The largest absolute Gasteiger partial charge is 0.411 e. The number of benzene rings is 2. The van der Waals surface area contributed by atoms with E-state index in [2.05, 4.69) is 20.4 Å². The second-order valence-electron chi connectivity index (χ2n) is 6.96. The third-order valence-electron chi connectivity index (χ3n) is 5.19. The van der Waals surface area contributed by atoms with Gasteiger partial charge in [-0.25, -0.2) is 4.98 Å². The number of nitrogens with one attached hydrogen (secondary N) is 1. The van der Waals surface area contributed by atoms with E-state index < -0.39 is 4.92 Å². The van der Waals surface area contributed by atoms with Crippen molar-refractivity contribution in [3.63, 3.8) is 0 Å². The lowest BCUT2D eigenvalue weighted by Gasteiger charge is -2.10. The monoisotopic (exact) mass is 400 g/mol. The second kappa shape index (κ2) is 6.96. The van der Waals surface area contributed by atoms with Crippen LogP contribution in [0.3, 0.4) is 0 Å². The normalized spacial score (nSPS) is 14.2. The van der Waals surface area contributed by atoms with Crippen LogP contribution in [-0.4, -0.2) is 30.2 Å². The third-order valence-corrected chi connectivity index (χ3v) is 5.19. The summed E-state index contributed by atoms with van der Waals surface area (Å²) in [5.74, 6) is 0.682. The Balaban J connectivity index is 1.62. The van der Waals surface area contributed by atoms with Crippen LogP contribution in [0.25, 0.3) is 16.9 Å². The Labute approximate surface area is 170 Å². The van der Waals surface area contributed by atoms with Crippen molar-refractivity contribution in [2.75, 3.05) is 5.32 Å². The van der Waals surface area contributed by atoms with Gasteiger partial charge in [-0.3, -0.25) is 19.5 Å². The van der Waals surface area contributed by atoms with Gasteiger partial charge in [-0.15, -0.1) is 0 Å². The molecule has 1 aliphatic carbocycles. The summed E-state index contributed by atoms with van der Waals surface area (Å²) in [5.41, 5.74) is 5.42. The Morgan fingerprint density at radius 1 is 1.20 bits per heavy atom. The van der Waals surface area contributed by atoms with E-state index in [4.69, 9.17) is 5.21 Å². The summed E-state index contributed by atoms with van der Waals surface area (Å²) in [4.78, 5) is 19.6. The van der Waals surface area contributed by atoms with E-state index in [1.54, 1.807) is 30.7 Å². The lowest BCUT2D eigenvalue weighted by Crippen LogP contribution is -1.99. The molecule has 30 heavy (non-hydrogen) atoms. The van der Waals surface area contributed by atoms with Gasteiger partial charge in [-0.2, -0.15) is 0 Å². The molecule has 2 N–H and O–H groups in total. The van der Waals surface area contributed by atoms with E-state index in [-0.39, 0.29) is 5.69 Å². The Morgan fingerprint density at radius 2 is 2.10 bits per heavy atom. The van der Waals surface area contributed by atoms with Crippen LogP contribution in [-0.2, 0) is 6.42 Å². The standard InChI is InChI=1S/C21H16N6O3/c28-25-18-7-4-13-10-15(5-6-17(13)18)23-21-20(24-19-12-22-8-9-26(19)21)14-2-1-3-16(11-14)27(29)30/h1-3,5-6,8-12,23,28H,4,7H2/b25-18+. The molecule has 1 aliphatic rings. The minimum Gasteiger partial charge on any atom is -0.411 e. The number of hydrogen-bond acceptors (Lipinski definition) is 7. The molecule has 4 aromatic rings. The summed E-state index contributed by atoms with van der Waals surface area (Å²) >= 11 is 0. The van der Waals surface area contributed by atoms with Gasteiger partial charge in [0, 0.05) is 41.3 Å². The lowest BCUT2D eigenvalue weighted by atomic mass is 10.1. The minimum absolute atomic E-state index is 0.00184. The highest BCUT2D eigenvalue weighted by molar-refractivity contribution is 6.04. The number of imidazole rings is 1. The average molecular weight is 400 g/mol. The summed E-state index contributed by atoms with van der Waals surface area (Å²) in [6.45, 7) is 0. The topological polar surface area (TPSA) is 118 Å². The van der Waals surface area contributed by atoms with Gasteiger partial charge in [-0.1, -0.05) is 23.4 Å². The number of nitro groups is 1. The highest BCUT2D eigenvalue weighted by Crippen LogP contribution is 2.34. The first-order valence-electron chi connectivity index (χ1n) is 9.32. The van der Waals surface area contributed by atoms with Crippen molar-refractivity contribution in [2.24, 2.45) is 5.16 Å². The van der Waals surface area contributed by atoms with Gasteiger partial charge in [-0.05, 0) is 30.5 Å². The predicted molar refractivity (Wildman–Crippen MR) is 111 cm³/mol. The van der Waals surface area contributed by atoms with Gasteiger partial charge >= 0.3 is 0 Å². The van der Waals surface area contributed by atoms with Crippen LogP contribution in [0.1, 0.15) is 17.5 Å². The van der Waals surface area contributed by atoms with Crippen LogP contribution in [0.5, 0.6) is 0 Å². The van der Waals surface area contributed by atoms with Crippen LogP contribution in [0.15, 0.2) is 66.2 Å². The van der Waals surface area contributed by atoms with Gasteiger partial charge in [0.05, 0.1) is 16.8 Å². The van der Waals surface area contributed by atoms with Gasteiger partial charge in [0.2, 0.25) is 0 Å². The number of rotatable bonds is 4. The molecule has 0 amide bonds. The summed E-state index contributed by atoms with van der Waals surface area (Å²) in [6, 6.07) is 12.3. The molecule has 0 saturated heterocycles. The van der Waals surface area contributed by atoms with Crippen LogP contribution < -0.4 is 5.32 Å². The first-order valence-corrected chi connectivity index (χ1v) is 9.32. The van der Waals surface area contributed by atoms with Crippen LogP contribution >= 0.6 is 0 Å². The Kier molecular flexibility index (Phi) is 4.13. The third kappa shape index (κ3) is 2.93. The van der Waals surface area contributed by atoms with Crippen molar-refractivity contribution in [3.8, 4) is 11.3 Å². The number of nitro benzene ring substituents is 1. The van der Waals surface area contributed by atoms with Crippen LogP contribution in [0.4, 0.5) is 17.2 Å². The summed E-state index contributed by atoms with van der Waals surface area (Å²) < 4.78 is 1.86. The molecular formula is C21H16N6O3. The predicted octanol–water partition coefficient (Wildman–Crippen LogP) is 4.17. The van der Waals surface area contributed by atoms with Crippen molar-refractivity contribution in [1.82, 2.24) is 14.4 Å². The van der Waals surface area contributed by atoms with E-state index >= 15 is 0 Å². The number of oxime groups is 1. The molecule has 9 heteroatoms. The number of anilines is 2. The zero-order chi connectivity index (χ0) is 20.7. The smallest absolute Gasteiger partial charge is 0.270 e. The molecule has 0 unspecified atom stereocenters. The number of fused-ring (bicyclic) bond motifs is 2. The maximum absolute atomic E-state index is 11.2. The van der Waals surface area contributed by atoms with Gasteiger partial charge in [0.15, 0.2) is 5.65 Å². The van der Waals surface area contributed by atoms with Crippen molar-refractivity contribution in [1.29, 1.82) is 0 Å².